The number of ether oxygens (including phenoxy) is 2. The van der Waals surface area contributed by atoms with E-state index in [1.807, 2.05) is 19.1 Å². The van der Waals surface area contributed by atoms with Crippen molar-refractivity contribution < 1.29 is 14.3 Å². The fourth-order valence-electron chi connectivity index (χ4n) is 1.65. The Bertz CT molecular complexity index is 536. The monoisotopic (exact) mass is 248 g/mol. The molecule has 0 aliphatic carbocycles. The predicted molar refractivity (Wildman–Crippen MR) is 67.5 cm³/mol. The first-order valence-corrected chi connectivity index (χ1v) is 5.84. The van der Waals surface area contributed by atoms with Crippen molar-refractivity contribution in [2.75, 3.05) is 13.7 Å². The van der Waals surface area contributed by atoms with E-state index in [0.29, 0.717) is 24.1 Å². The first kappa shape index (κ1) is 12.6. The maximum absolute atomic E-state index is 11.9. The maximum atomic E-state index is 11.9. The zero-order valence-electron chi connectivity index (χ0n) is 10.5. The minimum absolute atomic E-state index is 0.0840. The topological polar surface area (TPSA) is 64.2 Å². The number of aromatic nitrogens is 2. The summed E-state index contributed by atoms with van der Waals surface area (Å²) in [5, 5.41) is 7.62. The highest BCUT2D eigenvalue weighted by Gasteiger charge is 2.12. The minimum atomic E-state index is -0.340. The van der Waals surface area contributed by atoms with E-state index < -0.39 is 0 Å². The van der Waals surface area contributed by atoms with Crippen LogP contribution in [0.15, 0.2) is 24.4 Å². The van der Waals surface area contributed by atoms with E-state index in [1.165, 1.54) is 0 Å². The Labute approximate surface area is 105 Å². The molecule has 0 fully saturated rings. The first-order valence-electron chi connectivity index (χ1n) is 5.84. The van der Waals surface area contributed by atoms with Crippen LogP contribution in [0.5, 0.6) is 0 Å². The van der Waals surface area contributed by atoms with Gasteiger partial charge in [0.2, 0.25) is 0 Å². The van der Waals surface area contributed by atoms with Crippen molar-refractivity contribution in [1.29, 1.82) is 0 Å². The number of nitrogens with one attached hydrogen (secondary N) is 1. The Morgan fingerprint density at radius 3 is 3.11 bits per heavy atom. The Balaban J connectivity index is 2.03. The molecule has 2 aromatic rings. The molecule has 0 aliphatic heterocycles. The Morgan fingerprint density at radius 2 is 2.33 bits per heavy atom. The van der Waals surface area contributed by atoms with E-state index in [0.717, 1.165) is 5.39 Å². The van der Waals surface area contributed by atoms with E-state index >= 15 is 0 Å². The average Bonchev–Trinajstić information content (AvgIpc) is 2.86. The second kappa shape index (κ2) is 5.64. The number of carbonyl (C=O) groups is 1. The molecule has 1 atom stereocenters. The number of hydrogen-bond acceptors (Lipinski definition) is 4. The second-order valence-electron chi connectivity index (χ2n) is 4.11. The summed E-state index contributed by atoms with van der Waals surface area (Å²) >= 11 is 0. The molecule has 96 valence electrons. The summed E-state index contributed by atoms with van der Waals surface area (Å²) in [6, 6.07) is 5.43. The number of rotatable bonds is 5. The number of esters is 1. The number of fused-ring (bicyclic) bond motifs is 1. The van der Waals surface area contributed by atoms with Crippen molar-refractivity contribution in [2.45, 2.75) is 19.4 Å². The van der Waals surface area contributed by atoms with Gasteiger partial charge in [-0.05, 0) is 13.0 Å². The number of methoxy groups -OCH3 is 1. The van der Waals surface area contributed by atoms with Gasteiger partial charge >= 0.3 is 5.97 Å². The number of aromatic amines is 1. The van der Waals surface area contributed by atoms with Crippen LogP contribution in [0, 0.1) is 0 Å². The summed E-state index contributed by atoms with van der Waals surface area (Å²) in [5.74, 6) is -0.340. The lowest BCUT2D eigenvalue weighted by Gasteiger charge is -2.09. The van der Waals surface area contributed by atoms with Crippen LogP contribution < -0.4 is 0 Å². The van der Waals surface area contributed by atoms with Crippen molar-refractivity contribution in [1.82, 2.24) is 10.2 Å². The van der Waals surface area contributed by atoms with Gasteiger partial charge in [-0.3, -0.25) is 5.10 Å². The normalized spacial score (nSPS) is 12.6. The second-order valence-corrected chi connectivity index (χ2v) is 4.11. The average molecular weight is 248 g/mol. The quantitative estimate of drug-likeness (QED) is 0.823. The van der Waals surface area contributed by atoms with Gasteiger partial charge in [0, 0.05) is 18.9 Å². The fourth-order valence-corrected chi connectivity index (χ4v) is 1.65. The zero-order chi connectivity index (χ0) is 13.0. The van der Waals surface area contributed by atoms with Gasteiger partial charge in [-0.2, -0.15) is 5.10 Å². The third-order valence-electron chi connectivity index (χ3n) is 2.86. The molecule has 0 saturated carbocycles. The molecule has 18 heavy (non-hydrogen) atoms. The van der Waals surface area contributed by atoms with Crippen LogP contribution in [-0.4, -0.2) is 36.0 Å². The van der Waals surface area contributed by atoms with Crippen molar-refractivity contribution in [3.8, 4) is 0 Å². The summed E-state index contributed by atoms with van der Waals surface area (Å²) in [7, 11) is 1.64. The lowest BCUT2D eigenvalue weighted by Crippen LogP contribution is -2.13. The Hall–Kier alpha value is -1.88. The lowest BCUT2D eigenvalue weighted by atomic mass is 10.1. The fraction of sp³-hybridized carbons (Fsp3) is 0.385. The van der Waals surface area contributed by atoms with Gasteiger partial charge in [0.05, 0.1) is 30.0 Å². The summed E-state index contributed by atoms with van der Waals surface area (Å²) in [6.45, 7) is 2.28. The number of benzene rings is 1. The van der Waals surface area contributed by atoms with Gasteiger partial charge in [0.1, 0.15) is 0 Å². The number of carbonyl (C=O) groups excluding carboxylic acids is 1. The van der Waals surface area contributed by atoms with E-state index in [4.69, 9.17) is 9.47 Å². The number of hydrogen-bond donors (Lipinski definition) is 1. The van der Waals surface area contributed by atoms with Crippen LogP contribution in [0.4, 0.5) is 0 Å². The molecule has 5 nitrogen and oxygen atoms in total. The highest BCUT2D eigenvalue weighted by molar-refractivity contribution is 6.02. The molecule has 0 saturated heterocycles. The van der Waals surface area contributed by atoms with Gasteiger partial charge in [-0.25, -0.2) is 4.79 Å². The molecule has 0 unspecified atom stereocenters. The highest BCUT2D eigenvalue weighted by atomic mass is 16.5. The van der Waals surface area contributed by atoms with E-state index in [-0.39, 0.29) is 12.1 Å². The minimum Gasteiger partial charge on any atom is -0.462 e. The zero-order valence-corrected chi connectivity index (χ0v) is 10.5. The van der Waals surface area contributed by atoms with E-state index in [9.17, 15) is 4.79 Å². The van der Waals surface area contributed by atoms with Crippen molar-refractivity contribution in [3.05, 3.63) is 30.0 Å². The Morgan fingerprint density at radius 1 is 1.50 bits per heavy atom. The standard InChI is InChI=1S/C13H16N2O3/c1-9(17-2)6-7-18-13(16)11-5-3-4-10-8-14-15-12(10)11/h3-5,8-9H,6-7H2,1-2H3,(H,14,15)/t9-/m0/s1. The van der Waals surface area contributed by atoms with E-state index in [2.05, 4.69) is 10.2 Å². The van der Waals surface area contributed by atoms with Crippen molar-refractivity contribution >= 4 is 16.9 Å². The van der Waals surface area contributed by atoms with Crippen LogP contribution in [0.1, 0.15) is 23.7 Å². The summed E-state index contributed by atoms with van der Waals surface area (Å²) in [4.78, 5) is 11.9. The SMILES string of the molecule is CO[C@@H](C)CCOC(=O)c1cccc2cn[nH]c12. The van der Waals surface area contributed by atoms with Gasteiger partial charge in [-0.1, -0.05) is 12.1 Å². The van der Waals surface area contributed by atoms with Crippen LogP contribution in [-0.2, 0) is 9.47 Å². The summed E-state index contributed by atoms with van der Waals surface area (Å²) < 4.78 is 10.3. The van der Waals surface area contributed by atoms with Gasteiger partial charge in [0.25, 0.3) is 0 Å². The molecule has 0 aliphatic rings. The molecular formula is C13H16N2O3. The number of H-pyrrole nitrogens is 1. The largest absolute Gasteiger partial charge is 0.462 e. The van der Waals surface area contributed by atoms with Gasteiger partial charge in [0.15, 0.2) is 0 Å². The molecule has 1 aromatic heterocycles. The van der Waals surface area contributed by atoms with Gasteiger partial charge in [-0.15, -0.1) is 0 Å². The maximum Gasteiger partial charge on any atom is 0.340 e. The van der Waals surface area contributed by atoms with Gasteiger partial charge < -0.3 is 9.47 Å². The van der Waals surface area contributed by atoms with Crippen LogP contribution >= 0.6 is 0 Å². The summed E-state index contributed by atoms with van der Waals surface area (Å²) in [5.41, 5.74) is 1.22. The summed E-state index contributed by atoms with van der Waals surface area (Å²) in [6.07, 6.45) is 2.45. The third-order valence-corrected chi connectivity index (χ3v) is 2.86. The smallest absolute Gasteiger partial charge is 0.340 e. The molecule has 0 spiro atoms. The molecular weight excluding hydrogens is 232 g/mol. The molecule has 5 heteroatoms. The lowest BCUT2D eigenvalue weighted by molar-refractivity contribution is 0.0392. The number of para-hydroxylation sites is 1. The molecule has 1 heterocycles. The van der Waals surface area contributed by atoms with Crippen LogP contribution in [0.3, 0.4) is 0 Å². The number of nitrogens with zero attached hydrogens (tertiary/aromatic N) is 1. The van der Waals surface area contributed by atoms with Crippen LogP contribution in [0.2, 0.25) is 0 Å². The molecule has 0 bridgehead atoms. The Kier molecular flexibility index (Phi) is 3.94. The molecule has 0 amide bonds. The molecule has 1 aromatic carbocycles. The van der Waals surface area contributed by atoms with Crippen LogP contribution in [0.25, 0.3) is 10.9 Å². The van der Waals surface area contributed by atoms with E-state index in [1.54, 1.807) is 19.4 Å². The van der Waals surface area contributed by atoms with Crippen molar-refractivity contribution in [3.63, 3.8) is 0 Å². The highest BCUT2D eigenvalue weighted by Crippen LogP contribution is 2.16. The molecule has 1 N–H and O–H groups in total. The third kappa shape index (κ3) is 2.68. The molecule has 0 radical (unpaired) electrons. The van der Waals surface area contributed by atoms with Crippen molar-refractivity contribution in [2.24, 2.45) is 0 Å². The predicted octanol–water partition coefficient (Wildman–Crippen LogP) is 2.14. The molecule has 2 rings (SSSR count). The first-order chi connectivity index (χ1) is 8.72.